The van der Waals surface area contributed by atoms with Crippen molar-refractivity contribution in [3.05, 3.63) is 27.7 Å². The molecule has 1 aliphatic carbocycles. The summed E-state index contributed by atoms with van der Waals surface area (Å²) in [5.41, 5.74) is 1.03. The van der Waals surface area contributed by atoms with E-state index in [-0.39, 0.29) is 6.61 Å². The first-order chi connectivity index (χ1) is 8.54. The molecule has 0 saturated heterocycles. The smallest absolute Gasteiger partial charge is 0.127 e. The number of benzene rings is 1. The standard InChI is InChI=1S/C14H19BrO3/c1-10-6-12(15)7-11(8-16)13(10)18-9-14(17)4-2-3-5-14/h6-7,16-17H,2-5,8-9H2,1H3. The molecule has 2 N–H and O–H groups in total. The highest BCUT2D eigenvalue weighted by Crippen LogP contribution is 2.33. The van der Waals surface area contributed by atoms with Crippen molar-refractivity contribution in [3.8, 4) is 5.75 Å². The Kier molecular flexibility index (Phi) is 4.30. The summed E-state index contributed by atoms with van der Waals surface area (Å²) in [5.74, 6) is 0.695. The second-order valence-electron chi connectivity index (χ2n) is 5.09. The molecule has 2 rings (SSSR count). The van der Waals surface area contributed by atoms with Crippen molar-refractivity contribution in [2.75, 3.05) is 6.61 Å². The summed E-state index contributed by atoms with van der Waals surface area (Å²) in [4.78, 5) is 0. The Morgan fingerprint density at radius 2 is 2.00 bits per heavy atom. The number of hydrogen-bond acceptors (Lipinski definition) is 3. The Bertz CT molecular complexity index is 425. The van der Waals surface area contributed by atoms with E-state index in [0.717, 1.165) is 41.3 Å². The van der Waals surface area contributed by atoms with Gasteiger partial charge in [-0.2, -0.15) is 0 Å². The summed E-state index contributed by atoms with van der Waals surface area (Å²) in [7, 11) is 0. The molecule has 0 atom stereocenters. The molecule has 100 valence electrons. The van der Waals surface area contributed by atoms with Gasteiger partial charge in [-0.15, -0.1) is 0 Å². The van der Waals surface area contributed by atoms with Crippen LogP contribution in [0.4, 0.5) is 0 Å². The van der Waals surface area contributed by atoms with Crippen LogP contribution in [0.5, 0.6) is 5.75 Å². The molecule has 1 saturated carbocycles. The van der Waals surface area contributed by atoms with Gasteiger partial charge >= 0.3 is 0 Å². The van der Waals surface area contributed by atoms with Crippen LogP contribution in [0.25, 0.3) is 0 Å². The summed E-state index contributed by atoms with van der Waals surface area (Å²) < 4.78 is 6.70. The Balaban J connectivity index is 2.13. The lowest BCUT2D eigenvalue weighted by molar-refractivity contribution is 0.000619. The highest BCUT2D eigenvalue weighted by atomic mass is 79.9. The van der Waals surface area contributed by atoms with Crippen molar-refractivity contribution < 1.29 is 14.9 Å². The molecule has 0 aliphatic heterocycles. The number of aliphatic hydroxyl groups is 2. The molecule has 0 unspecified atom stereocenters. The van der Waals surface area contributed by atoms with E-state index in [1.807, 2.05) is 19.1 Å². The van der Waals surface area contributed by atoms with Gasteiger partial charge in [0.1, 0.15) is 12.4 Å². The fourth-order valence-corrected chi connectivity index (χ4v) is 3.13. The van der Waals surface area contributed by atoms with Gasteiger partial charge in [0.2, 0.25) is 0 Å². The van der Waals surface area contributed by atoms with E-state index in [0.29, 0.717) is 12.4 Å². The van der Waals surface area contributed by atoms with E-state index >= 15 is 0 Å². The van der Waals surface area contributed by atoms with E-state index in [9.17, 15) is 10.2 Å². The first kappa shape index (κ1) is 13.8. The van der Waals surface area contributed by atoms with Crippen LogP contribution in [0.15, 0.2) is 16.6 Å². The topological polar surface area (TPSA) is 49.7 Å². The van der Waals surface area contributed by atoms with E-state index in [2.05, 4.69) is 15.9 Å². The van der Waals surface area contributed by atoms with Crippen LogP contribution in [0.2, 0.25) is 0 Å². The molecule has 4 heteroatoms. The molecular weight excluding hydrogens is 296 g/mol. The fraction of sp³-hybridized carbons (Fsp3) is 0.571. The van der Waals surface area contributed by atoms with Crippen molar-refractivity contribution in [2.24, 2.45) is 0 Å². The molecule has 18 heavy (non-hydrogen) atoms. The molecule has 3 nitrogen and oxygen atoms in total. The van der Waals surface area contributed by atoms with Crippen LogP contribution >= 0.6 is 15.9 Å². The lowest BCUT2D eigenvalue weighted by Crippen LogP contribution is -2.32. The summed E-state index contributed by atoms with van der Waals surface area (Å²) in [6, 6.07) is 3.80. The Morgan fingerprint density at radius 1 is 1.33 bits per heavy atom. The van der Waals surface area contributed by atoms with Crippen LogP contribution in [-0.2, 0) is 6.61 Å². The number of rotatable bonds is 4. The normalized spacial score (nSPS) is 18.0. The SMILES string of the molecule is Cc1cc(Br)cc(CO)c1OCC1(O)CCCC1. The van der Waals surface area contributed by atoms with Crippen molar-refractivity contribution in [3.63, 3.8) is 0 Å². The predicted molar refractivity (Wildman–Crippen MR) is 73.7 cm³/mol. The van der Waals surface area contributed by atoms with Gasteiger partial charge in [0.05, 0.1) is 12.2 Å². The number of halogens is 1. The quantitative estimate of drug-likeness (QED) is 0.898. The maximum absolute atomic E-state index is 10.3. The average Bonchev–Trinajstić information content (AvgIpc) is 2.74. The largest absolute Gasteiger partial charge is 0.490 e. The Morgan fingerprint density at radius 3 is 2.61 bits per heavy atom. The van der Waals surface area contributed by atoms with Gasteiger partial charge in [-0.05, 0) is 37.5 Å². The average molecular weight is 315 g/mol. The molecular formula is C14H19BrO3. The molecule has 1 aromatic carbocycles. The first-order valence-corrected chi connectivity index (χ1v) is 7.08. The highest BCUT2D eigenvalue weighted by molar-refractivity contribution is 9.10. The lowest BCUT2D eigenvalue weighted by atomic mass is 10.0. The zero-order valence-corrected chi connectivity index (χ0v) is 12.2. The van der Waals surface area contributed by atoms with Crippen LogP contribution in [-0.4, -0.2) is 22.4 Å². The molecule has 0 bridgehead atoms. The number of aryl methyl sites for hydroxylation is 1. The Hall–Kier alpha value is -0.580. The zero-order chi connectivity index (χ0) is 13.2. The molecule has 0 spiro atoms. The fourth-order valence-electron chi connectivity index (χ4n) is 2.51. The molecule has 0 heterocycles. The zero-order valence-electron chi connectivity index (χ0n) is 10.6. The number of ether oxygens (including phenoxy) is 1. The molecule has 1 aromatic rings. The van der Waals surface area contributed by atoms with Gasteiger partial charge < -0.3 is 14.9 Å². The first-order valence-electron chi connectivity index (χ1n) is 6.29. The third-order valence-corrected chi connectivity index (χ3v) is 3.96. The molecule has 1 fully saturated rings. The third kappa shape index (κ3) is 3.05. The monoisotopic (exact) mass is 314 g/mol. The van der Waals surface area contributed by atoms with Gasteiger partial charge in [-0.1, -0.05) is 28.8 Å². The van der Waals surface area contributed by atoms with Crippen molar-refractivity contribution in [1.82, 2.24) is 0 Å². The van der Waals surface area contributed by atoms with Crippen LogP contribution < -0.4 is 4.74 Å². The second kappa shape index (κ2) is 5.59. The second-order valence-corrected chi connectivity index (χ2v) is 6.00. The van der Waals surface area contributed by atoms with Crippen LogP contribution in [0.3, 0.4) is 0 Å². The minimum atomic E-state index is -0.688. The lowest BCUT2D eigenvalue weighted by Gasteiger charge is -2.24. The highest BCUT2D eigenvalue weighted by Gasteiger charge is 2.32. The van der Waals surface area contributed by atoms with Crippen LogP contribution in [0.1, 0.15) is 36.8 Å². The van der Waals surface area contributed by atoms with Gasteiger partial charge in [0.25, 0.3) is 0 Å². The van der Waals surface area contributed by atoms with E-state index in [4.69, 9.17) is 4.74 Å². The molecule has 0 amide bonds. The predicted octanol–water partition coefficient (Wildman–Crippen LogP) is 2.93. The number of aliphatic hydroxyl groups excluding tert-OH is 1. The summed E-state index contributed by atoms with van der Waals surface area (Å²) in [6.07, 6.45) is 3.73. The molecule has 0 radical (unpaired) electrons. The minimum absolute atomic E-state index is 0.0615. The minimum Gasteiger partial charge on any atom is -0.490 e. The maximum Gasteiger partial charge on any atom is 0.127 e. The van der Waals surface area contributed by atoms with Gasteiger partial charge in [0, 0.05) is 10.0 Å². The van der Waals surface area contributed by atoms with Crippen molar-refractivity contribution >= 4 is 15.9 Å². The number of hydrogen-bond donors (Lipinski definition) is 2. The van der Waals surface area contributed by atoms with Crippen molar-refractivity contribution in [1.29, 1.82) is 0 Å². The maximum atomic E-state index is 10.3. The summed E-state index contributed by atoms with van der Waals surface area (Å²) in [5, 5.41) is 19.6. The summed E-state index contributed by atoms with van der Waals surface area (Å²) >= 11 is 3.40. The third-order valence-electron chi connectivity index (χ3n) is 3.51. The molecule has 1 aliphatic rings. The van der Waals surface area contributed by atoms with Gasteiger partial charge in [-0.25, -0.2) is 0 Å². The van der Waals surface area contributed by atoms with E-state index in [1.165, 1.54) is 0 Å². The summed E-state index contributed by atoms with van der Waals surface area (Å²) in [6.45, 7) is 2.19. The van der Waals surface area contributed by atoms with Gasteiger partial charge in [-0.3, -0.25) is 0 Å². The van der Waals surface area contributed by atoms with Gasteiger partial charge in [0.15, 0.2) is 0 Å². The van der Waals surface area contributed by atoms with E-state index < -0.39 is 5.60 Å². The van der Waals surface area contributed by atoms with E-state index in [1.54, 1.807) is 0 Å². The van der Waals surface area contributed by atoms with Crippen molar-refractivity contribution in [2.45, 2.75) is 44.8 Å². The Labute approximate surface area is 116 Å². The van der Waals surface area contributed by atoms with Crippen LogP contribution in [0, 0.1) is 6.92 Å². The molecule has 0 aromatic heterocycles.